The molecule has 0 aromatic heterocycles. The van der Waals surface area contributed by atoms with Crippen molar-refractivity contribution >= 4 is 5.91 Å². The van der Waals surface area contributed by atoms with E-state index in [1.165, 1.54) is 0 Å². The quantitative estimate of drug-likeness (QED) is 0.603. The molecule has 0 aromatic carbocycles. The fourth-order valence-corrected chi connectivity index (χ4v) is 2.16. The summed E-state index contributed by atoms with van der Waals surface area (Å²) < 4.78 is 0. The van der Waals surface area contributed by atoms with Gasteiger partial charge in [0.15, 0.2) is 0 Å². The highest BCUT2D eigenvalue weighted by Crippen LogP contribution is 2.12. The van der Waals surface area contributed by atoms with Crippen molar-refractivity contribution in [2.45, 2.75) is 45.1 Å². The third-order valence-electron chi connectivity index (χ3n) is 3.08. The summed E-state index contributed by atoms with van der Waals surface area (Å²) in [6.45, 7) is 4.96. The van der Waals surface area contributed by atoms with Gasteiger partial charge in [-0.05, 0) is 25.8 Å². The Morgan fingerprint density at radius 1 is 1.38 bits per heavy atom. The van der Waals surface area contributed by atoms with E-state index in [-0.39, 0.29) is 18.6 Å². The van der Waals surface area contributed by atoms with Crippen molar-refractivity contribution in [3.8, 4) is 0 Å². The summed E-state index contributed by atoms with van der Waals surface area (Å²) >= 11 is 0. The number of aliphatic hydroxyl groups excluding tert-OH is 1. The van der Waals surface area contributed by atoms with Gasteiger partial charge in [0.05, 0.1) is 6.04 Å². The highest BCUT2D eigenvalue weighted by Gasteiger charge is 2.29. The third-order valence-corrected chi connectivity index (χ3v) is 3.08. The zero-order valence-corrected chi connectivity index (χ0v) is 10.2. The topological polar surface area (TPSA) is 52.6 Å². The molecule has 0 spiro atoms. The summed E-state index contributed by atoms with van der Waals surface area (Å²) in [4.78, 5) is 13.8. The van der Waals surface area contributed by atoms with Gasteiger partial charge in [0.25, 0.3) is 0 Å². The van der Waals surface area contributed by atoms with Gasteiger partial charge in [0.1, 0.15) is 0 Å². The Morgan fingerprint density at radius 2 is 2.12 bits per heavy atom. The summed E-state index contributed by atoms with van der Waals surface area (Å²) in [5.41, 5.74) is 0. The van der Waals surface area contributed by atoms with E-state index in [9.17, 15) is 4.79 Å². The molecule has 1 aliphatic heterocycles. The van der Waals surface area contributed by atoms with Crippen LogP contribution in [0, 0.1) is 0 Å². The minimum absolute atomic E-state index is 0.0578. The van der Waals surface area contributed by atoms with E-state index in [0.29, 0.717) is 0 Å². The number of hydrogen-bond donors (Lipinski definition) is 2. The van der Waals surface area contributed by atoms with Crippen molar-refractivity contribution in [2.75, 3.05) is 26.2 Å². The molecule has 16 heavy (non-hydrogen) atoms. The molecule has 4 nitrogen and oxygen atoms in total. The molecular weight excluding hydrogens is 204 g/mol. The average Bonchev–Trinajstić information content (AvgIpc) is 2.62. The molecule has 1 heterocycles. The van der Waals surface area contributed by atoms with Gasteiger partial charge in [-0.2, -0.15) is 0 Å². The highest BCUT2D eigenvalue weighted by atomic mass is 16.2. The van der Waals surface area contributed by atoms with E-state index in [1.54, 1.807) is 0 Å². The van der Waals surface area contributed by atoms with Gasteiger partial charge < -0.3 is 15.3 Å². The van der Waals surface area contributed by atoms with Crippen molar-refractivity contribution in [1.82, 2.24) is 10.2 Å². The van der Waals surface area contributed by atoms with E-state index in [0.717, 1.165) is 51.7 Å². The first-order valence-corrected chi connectivity index (χ1v) is 6.42. The fraction of sp³-hybridized carbons (Fsp3) is 0.917. The monoisotopic (exact) mass is 228 g/mol. The summed E-state index contributed by atoms with van der Waals surface area (Å²) in [6.07, 6.45) is 5.06. The lowest BCUT2D eigenvalue weighted by molar-refractivity contribution is -0.129. The van der Waals surface area contributed by atoms with Crippen molar-refractivity contribution < 1.29 is 9.90 Å². The Morgan fingerprint density at radius 3 is 2.81 bits per heavy atom. The Kier molecular flexibility index (Phi) is 6.42. The van der Waals surface area contributed by atoms with Crippen molar-refractivity contribution in [3.05, 3.63) is 0 Å². The first-order valence-electron chi connectivity index (χ1n) is 6.42. The number of likely N-dealkylation sites (N-methyl/N-ethyl adjacent to an activating group) is 1. The predicted molar refractivity (Wildman–Crippen MR) is 64.2 cm³/mol. The molecule has 1 amide bonds. The van der Waals surface area contributed by atoms with Crippen LogP contribution in [-0.4, -0.2) is 48.2 Å². The lowest BCUT2D eigenvalue weighted by Crippen LogP contribution is -2.38. The lowest BCUT2D eigenvalue weighted by atomic mass is 10.2. The van der Waals surface area contributed by atoms with Gasteiger partial charge in [0, 0.05) is 19.7 Å². The van der Waals surface area contributed by atoms with Crippen LogP contribution in [0.4, 0.5) is 0 Å². The summed E-state index contributed by atoms with van der Waals surface area (Å²) in [5, 5.41) is 11.9. The van der Waals surface area contributed by atoms with E-state index in [2.05, 4.69) is 5.32 Å². The van der Waals surface area contributed by atoms with Crippen LogP contribution >= 0.6 is 0 Å². The standard InChI is InChI=1S/C12H24N2O2/c1-2-13-11-7-9-14(12(11)16)8-5-3-4-6-10-15/h11,13,15H,2-10H2,1H3. The first-order chi connectivity index (χ1) is 7.79. The normalized spacial score (nSPS) is 20.8. The summed E-state index contributed by atoms with van der Waals surface area (Å²) in [5.74, 6) is 0.268. The van der Waals surface area contributed by atoms with E-state index < -0.39 is 0 Å². The van der Waals surface area contributed by atoms with E-state index in [1.807, 2.05) is 11.8 Å². The SMILES string of the molecule is CCNC1CCN(CCCCCCO)C1=O. The first kappa shape index (κ1) is 13.5. The average molecular weight is 228 g/mol. The number of unbranched alkanes of at least 4 members (excludes halogenated alkanes) is 3. The Hall–Kier alpha value is -0.610. The second kappa shape index (κ2) is 7.63. The molecule has 1 atom stereocenters. The van der Waals surface area contributed by atoms with Gasteiger partial charge in [-0.25, -0.2) is 0 Å². The Balaban J connectivity index is 2.12. The highest BCUT2D eigenvalue weighted by molar-refractivity contribution is 5.83. The molecule has 0 aromatic rings. The van der Waals surface area contributed by atoms with Crippen molar-refractivity contribution in [2.24, 2.45) is 0 Å². The number of nitrogens with zero attached hydrogens (tertiary/aromatic N) is 1. The zero-order valence-electron chi connectivity index (χ0n) is 10.2. The second-order valence-corrected chi connectivity index (χ2v) is 4.36. The molecule has 0 saturated carbocycles. The molecule has 1 saturated heterocycles. The van der Waals surface area contributed by atoms with Crippen molar-refractivity contribution in [1.29, 1.82) is 0 Å². The Bertz CT molecular complexity index is 209. The lowest BCUT2D eigenvalue weighted by Gasteiger charge is -2.16. The number of carbonyl (C=O) groups is 1. The van der Waals surface area contributed by atoms with Crippen LogP contribution in [0.2, 0.25) is 0 Å². The molecule has 0 aliphatic carbocycles. The molecule has 2 N–H and O–H groups in total. The van der Waals surface area contributed by atoms with Crippen LogP contribution in [0.25, 0.3) is 0 Å². The van der Waals surface area contributed by atoms with Crippen LogP contribution < -0.4 is 5.32 Å². The maximum absolute atomic E-state index is 11.8. The molecular formula is C12H24N2O2. The van der Waals surface area contributed by atoms with Crippen LogP contribution in [0.5, 0.6) is 0 Å². The largest absolute Gasteiger partial charge is 0.396 e. The van der Waals surface area contributed by atoms with Gasteiger partial charge in [0.2, 0.25) is 5.91 Å². The number of rotatable bonds is 8. The van der Waals surface area contributed by atoms with Gasteiger partial charge in [-0.1, -0.05) is 19.8 Å². The molecule has 0 bridgehead atoms. The molecule has 0 radical (unpaired) electrons. The van der Waals surface area contributed by atoms with Crippen LogP contribution in [0.3, 0.4) is 0 Å². The fourth-order valence-electron chi connectivity index (χ4n) is 2.16. The molecule has 1 aliphatic rings. The molecule has 4 heteroatoms. The van der Waals surface area contributed by atoms with Crippen molar-refractivity contribution in [3.63, 3.8) is 0 Å². The number of hydrogen-bond acceptors (Lipinski definition) is 3. The van der Waals surface area contributed by atoms with Gasteiger partial charge in [-0.15, -0.1) is 0 Å². The smallest absolute Gasteiger partial charge is 0.239 e. The van der Waals surface area contributed by atoms with Gasteiger partial charge >= 0.3 is 0 Å². The van der Waals surface area contributed by atoms with Crippen LogP contribution in [0.15, 0.2) is 0 Å². The van der Waals surface area contributed by atoms with E-state index >= 15 is 0 Å². The minimum atomic E-state index is 0.0578. The van der Waals surface area contributed by atoms with E-state index in [4.69, 9.17) is 5.11 Å². The maximum Gasteiger partial charge on any atom is 0.239 e. The number of aliphatic hydroxyl groups is 1. The van der Waals surface area contributed by atoms with Crippen LogP contribution in [0.1, 0.15) is 39.0 Å². The number of nitrogens with one attached hydrogen (secondary N) is 1. The molecule has 94 valence electrons. The molecule has 1 unspecified atom stereocenters. The molecule has 1 fully saturated rings. The minimum Gasteiger partial charge on any atom is -0.396 e. The predicted octanol–water partition coefficient (Wildman–Crippen LogP) is 0.749. The number of amides is 1. The number of carbonyl (C=O) groups excluding carboxylic acids is 1. The zero-order chi connectivity index (χ0) is 11.8. The number of likely N-dealkylation sites (tertiary alicyclic amines) is 1. The third kappa shape index (κ3) is 4.10. The summed E-state index contributed by atoms with van der Waals surface area (Å²) in [7, 11) is 0. The molecule has 1 rings (SSSR count). The van der Waals surface area contributed by atoms with Gasteiger partial charge in [-0.3, -0.25) is 4.79 Å². The second-order valence-electron chi connectivity index (χ2n) is 4.36. The maximum atomic E-state index is 11.8. The van der Waals surface area contributed by atoms with Crippen LogP contribution in [-0.2, 0) is 4.79 Å². The summed E-state index contributed by atoms with van der Waals surface area (Å²) in [6, 6.07) is 0.0578. The Labute approximate surface area is 98.0 Å².